The molecule has 10 nitrogen and oxygen atoms in total. The Hall–Kier alpha value is -3.99. The average Bonchev–Trinajstić information content (AvgIpc) is 2.91. The number of ketones is 4. The summed E-state index contributed by atoms with van der Waals surface area (Å²) in [5.41, 5.74) is -0.865. The van der Waals surface area contributed by atoms with Crippen LogP contribution in [0.1, 0.15) is 27.0 Å². The molecule has 7 atom stereocenters. The van der Waals surface area contributed by atoms with Gasteiger partial charge < -0.3 is 20.6 Å². The van der Waals surface area contributed by atoms with Crippen LogP contribution in [0.25, 0.3) is 11.6 Å². The molecule has 2 aromatic rings. The highest BCUT2D eigenvalue weighted by Crippen LogP contribution is 2.54. The second-order valence-electron chi connectivity index (χ2n) is 10.9. The highest BCUT2D eigenvalue weighted by atomic mass is 16.3. The molecule has 0 aromatic heterocycles. The smallest absolute Gasteiger partial charge is 0.238 e. The normalized spacial score (nSPS) is 32.5. The SMILES string of the molecule is CNC(=O)C1C(=O)[C@@H](N(C)C)[C@@H]2[C@@H](O)[C@@H]3C(=Cc4ccc(C)cc4)c4cccc(O)c4C(=O)C3C(=O)[C@]2(O)C1=O. The Morgan fingerprint density at radius 2 is 1.68 bits per heavy atom. The fourth-order valence-corrected chi connectivity index (χ4v) is 6.63. The summed E-state index contributed by atoms with van der Waals surface area (Å²) in [4.78, 5) is 69.2. The van der Waals surface area contributed by atoms with Crippen molar-refractivity contribution in [3.05, 3.63) is 64.7 Å². The van der Waals surface area contributed by atoms with Gasteiger partial charge in [0.2, 0.25) is 5.91 Å². The number of hydrogen-bond acceptors (Lipinski definition) is 9. The molecule has 10 heteroatoms. The average molecular weight is 547 g/mol. The van der Waals surface area contributed by atoms with Gasteiger partial charge in [0, 0.05) is 13.0 Å². The number of aromatic hydroxyl groups is 1. The van der Waals surface area contributed by atoms with Crippen molar-refractivity contribution in [2.24, 2.45) is 23.7 Å². The minimum Gasteiger partial charge on any atom is -0.507 e. The summed E-state index contributed by atoms with van der Waals surface area (Å²) < 4.78 is 0. The number of carbonyl (C=O) groups excluding carboxylic acids is 5. The van der Waals surface area contributed by atoms with Crippen molar-refractivity contribution in [2.75, 3.05) is 21.1 Å². The maximum absolute atomic E-state index is 14.2. The molecule has 3 aliphatic carbocycles. The minimum absolute atomic E-state index is 0.170. The summed E-state index contributed by atoms with van der Waals surface area (Å²) in [6.07, 6.45) is -0.0394. The van der Waals surface area contributed by atoms with Crippen molar-refractivity contribution in [1.82, 2.24) is 10.2 Å². The summed E-state index contributed by atoms with van der Waals surface area (Å²) >= 11 is 0. The lowest BCUT2D eigenvalue weighted by Gasteiger charge is -2.55. The minimum atomic E-state index is -3.01. The van der Waals surface area contributed by atoms with Gasteiger partial charge >= 0.3 is 0 Å². The van der Waals surface area contributed by atoms with Crippen LogP contribution in [0.4, 0.5) is 0 Å². The van der Waals surface area contributed by atoms with Gasteiger partial charge in [0.05, 0.1) is 29.5 Å². The molecule has 0 aliphatic heterocycles. The highest BCUT2D eigenvalue weighted by molar-refractivity contribution is 6.33. The molecule has 2 aromatic carbocycles. The molecule has 0 bridgehead atoms. The van der Waals surface area contributed by atoms with Crippen LogP contribution in [-0.4, -0.2) is 88.1 Å². The van der Waals surface area contributed by atoms with Crippen LogP contribution in [0.3, 0.4) is 0 Å². The third-order valence-electron chi connectivity index (χ3n) is 8.50. The number of fused-ring (bicyclic) bond motifs is 3. The second-order valence-corrected chi connectivity index (χ2v) is 10.9. The molecule has 0 saturated heterocycles. The van der Waals surface area contributed by atoms with E-state index in [-0.39, 0.29) is 5.56 Å². The number of likely N-dealkylation sites (N-methyl/N-ethyl adjacent to an activating group) is 1. The van der Waals surface area contributed by atoms with E-state index in [1.165, 1.54) is 38.2 Å². The Balaban J connectivity index is 1.78. The summed E-state index contributed by atoms with van der Waals surface area (Å²) in [7, 11) is 4.17. The van der Waals surface area contributed by atoms with Gasteiger partial charge in [-0.2, -0.15) is 0 Å². The zero-order chi connectivity index (χ0) is 29.3. The molecule has 2 unspecified atom stereocenters. The Morgan fingerprint density at radius 1 is 1.02 bits per heavy atom. The first-order valence-corrected chi connectivity index (χ1v) is 12.9. The van der Waals surface area contributed by atoms with E-state index in [1.54, 1.807) is 12.1 Å². The molecule has 1 amide bonds. The summed E-state index contributed by atoms with van der Waals surface area (Å²) in [6, 6.07) is 10.4. The van der Waals surface area contributed by atoms with Crippen LogP contribution in [0.2, 0.25) is 0 Å². The molecule has 40 heavy (non-hydrogen) atoms. The van der Waals surface area contributed by atoms with Crippen molar-refractivity contribution in [3.8, 4) is 5.75 Å². The first-order valence-electron chi connectivity index (χ1n) is 12.9. The molecule has 2 saturated carbocycles. The van der Waals surface area contributed by atoms with Crippen LogP contribution in [0.15, 0.2) is 42.5 Å². The molecule has 0 radical (unpaired) electrons. The molecule has 3 aliphatic rings. The lowest BCUT2D eigenvalue weighted by atomic mass is 9.50. The van der Waals surface area contributed by atoms with Crippen molar-refractivity contribution < 1.29 is 39.3 Å². The third kappa shape index (κ3) is 3.71. The van der Waals surface area contributed by atoms with E-state index in [0.29, 0.717) is 16.7 Å². The standard InChI is InChI=1S/C30H30N2O8/c1-13-8-10-14(11-9-13)12-16-15-6-5-7-17(33)18(15)24(34)20-19(16)25(35)22-23(32(3)4)26(36)21(29(39)31-2)28(38)30(22,40)27(20)37/h5-12,19-23,25,33,35,40H,1-4H3,(H,31,39)/t19-,20?,21?,22-,23+,25+,30+/m1/s1. The number of Topliss-reactive ketones (excluding diaryl/α,β-unsaturated/α-hetero) is 4. The molecule has 2 fully saturated rings. The van der Waals surface area contributed by atoms with Crippen LogP contribution >= 0.6 is 0 Å². The second kappa shape index (κ2) is 9.58. The summed E-state index contributed by atoms with van der Waals surface area (Å²) in [5.74, 6) is -12.4. The van der Waals surface area contributed by atoms with Crippen molar-refractivity contribution in [2.45, 2.75) is 24.7 Å². The van der Waals surface area contributed by atoms with Crippen molar-refractivity contribution in [1.29, 1.82) is 0 Å². The van der Waals surface area contributed by atoms with E-state index in [9.17, 15) is 39.3 Å². The zero-order valence-electron chi connectivity index (χ0n) is 22.4. The van der Waals surface area contributed by atoms with Crippen LogP contribution < -0.4 is 5.32 Å². The lowest BCUT2D eigenvalue weighted by molar-refractivity contribution is -0.193. The van der Waals surface area contributed by atoms with E-state index in [2.05, 4.69) is 5.32 Å². The Bertz CT molecular complexity index is 1490. The predicted molar refractivity (Wildman–Crippen MR) is 143 cm³/mol. The van der Waals surface area contributed by atoms with Gasteiger partial charge in [0.1, 0.15) is 5.75 Å². The fraction of sp³-hybridized carbons (Fsp3) is 0.367. The largest absolute Gasteiger partial charge is 0.507 e. The first kappa shape index (κ1) is 27.6. The number of aliphatic hydroxyl groups excluding tert-OH is 1. The number of carbonyl (C=O) groups is 5. The Morgan fingerprint density at radius 3 is 2.27 bits per heavy atom. The molecule has 0 spiro atoms. The third-order valence-corrected chi connectivity index (χ3v) is 8.50. The number of nitrogens with zero attached hydrogens (tertiary/aromatic N) is 1. The van der Waals surface area contributed by atoms with Crippen LogP contribution in [-0.2, 0) is 19.2 Å². The number of phenolic OH excluding ortho intramolecular Hbond substituents is 1. The van der Waals surface area contributed by atoms with Crippen molar-refractivity contribution >= 4 is 40.7 Å². The van der Waals surface area contributed by atoms with Crippen LogP contribution in [0.5, 0.6) is 5.75 Å². The number of aryl methyl sites for hydroxylation is 1. The Kier molecular flexibility index (Phi) is 6.60. The monoisotopic (exact) mass is 546 g/mol. The summed E-state index contributed by atoms with van der Waals surface area (Å²) in [6.45, 7) is 1.91. The highest BCUT2D eigenvalue weighted by Gasteiger charge is 2.72. The predicted octanol–water partition coefficient (Wildman–Crippen LogP) is 0.405. The number of rotatable bonds is 3. The first-order chi connectivity index (χ1) is 18.9. The topological polar surface area (TPSA) is 161 Å². The lowest BCUT2D eigenvalue weighted by Crippen LogP contribution is -2.77. The number of hydrogen-bond donors (Lipinski definition) is 4. The van der Waals surface area contributed by atoms with Gasteiger partial charge in [0.15, 0.2) is 34.7 Å². The van der Waals surface area contributed by atoms with E-state index in [1.807, 2.05) is 31.2 Å². The van der Waals surface area contributed by atoms with Gasteiger partial charge in [-0.3, -0.25) is 28.9 Å². The van der Waals surface area contributed by atoms with Crippen molar-refractivity contribution in [3.63, 3.8) is 0 Å². The van der Waals surface area contributed by atoms with Gasteiger partial charge in [-0.05, 0) is 43.8 Å². The van der Waals surface area contributed by atoms with Gasteiger partial charge in [0.25, 0.3) is 0 Å². The van der Waals surface area contributed by atoms with E-state index in [4.69, 9.17) is 0 Å². The fourth-order valence-electron chi connectivity index (χ4n) is 6.63. The van der Waals surface area contributed by atoms with Gasteiger partial charge in [-0.1, -0.05) is 48.0 Å². The number of aliphatic hydroxyl groups is 2. The van der Waals surface area contributed by atoms with E-state index >= 15 is 0 Å². The molecule has 0 heterocycles. The molecule has 5 rings (SSSR count). The van der Waals surface area contributed by atoms with E-state index < -0.39 is 76.2 Å². The molecule has 4 N–H and O–H groups in total. The maximum atomic E-state index is 14.2. The Labute approximate surface area is 230 Å². The zero-order valence-corrected chi connectivity index (χ0v) is 22.4. The quantitative estimate of drug-likeness (QED) is 0.400. The van der Waals surface area contributed by atoms with E-state index in [0.717, 1.165) is 5.56 Å². The summed E-state index contributed by atoms with van der Waals surface area (Å²) in [5, 5.41) is 36.7. The molecule has 208 valence electrons. The number of nitrogens with one attached hydrogen (secondary N) is 1. The maximum Gasteiger partial charge on any atom is 0.238 e. The number of benzene rings is 2. The molecular weight excluding hydrogens is 516 g/mol. The number of amides is 1. The van der Waals surface area contributed by atoms with Gasteiger partial charge in [-0.25, -0.2) is 0 Å². The van der Waals surface area contributed by atoms with Crippen LogP contribution in [0, 0.1) is 30.6 Å². The van der Waals surface area contributed by atoms with Gasteiger partial charge in [-0.15, -0.1) is 0 Å². The molecular formula is C30H30N2O8. The number of phenols is 1.